The number of unbranched alkanes of at least 4 members (excludes halogenated alkanes) is 32. The Morgan fingerprint density at radius 1 is 0.315 bits per heavy atom. The van der Waals surface area contributed by atoms with Crippen LogP contribution >= 0.6 is 15.6 Å². The molecule has 19 heteroatoms. The van der Waals surface area contributed by atoms with Crippen molar-refractivity contribution in [1.29, 1.82) is 0 Å². The topological polar surface area (TPSA) is 237 Å². The van der Waals surface area contributed by atoms with Crippen molar-refractivity contribution in [3.05, 3.63) is 0 Å². The Balaban J connectivity index is 5.26. The average molecular weight is 1310 g/mol. The standard InChI is InChI=1S/C70H136O17P2/c1-9-63(8)49-41-33-25-15-11-13-16-26-34-42-50-67(72)80-56-66(87-70(75)53-45-37-29-21-19-24-32-40-48-62(6)7)59-85-89(78,79)83-55-64(71)54-82-88(76,77)84-58-65(57-81-68(73)51-43-35-27-20-18-23-31-39-47-61(4)5)86-69(74)52-44-36-28-17-12-10-14-22-30-38-46-60(2)3/h60-66,71H,9-59H2,1-8H3,(H,76,77)(H,78,79)/t63?,64?,65-,66-/m1/s1. The van der Waals surface area contributed by atoms with Gasteiger partial charge in [0.2, 0.25) is 0 Å². The second-order valence-corrected chi connectivity index (χ2v) is 29.8. The molecule has 0 aliphatic carbocycles. The predicted octanol–water partition coefficient (Wildman–Crippen LogP) is 19.7. The highest BCUT2D eigenvalue weighted by Crippen LogP contribution is 2.45. The molecule has 4 unspecified atom stereocenters. The molecule has 0 bridgehead atoms. The Morgan fingerprint density at radius 2 is 0.539 bits per heavy atom. The highest BCUT2D eigenvalue weighted by atomic mass is 31.2. The highest BCUT2D eigenvalue weighted by Gasteiger charge is 2.30. The molecule has 17 nitrogen and oxygen atoms in total. The second-order valence-electron chi connectivity index (χ2n) is 26.9. The molecule has 0 aliphatic heterocycles. The fraction of sp³-hybridized carbons (Fsp3) is 0.943. The number of phosphoric acid groups is 2. The summed E-state index contributed by atoms with van der Waals surface area (Å²) in [6.07, 6.45) is 41.6. The van der Waals surface area contributed by atoms with E-state index in [2.05, 4.69) is 55.4 Å². The van der Waals surface area contributed by atoms with Crippen LogP contribution in [0.3, 0.4) is 0 Å². The van der Waals surface area contributed by atoms with Crippen molar-refractivity contribution in [2.24, 2.45) is 23.7 Å². The van der Waals surface area contributed by atoms with Crippen LogP contribution in [0.15, 0.2) is 0 Å². The first-order valence-electron chi connectivity index (χ1n) is 36.2. The van der Waals surface area contributed by atoms with Crippen LogP contribution in [0.4, 0.5) is 0 Å². The van der Waals surface area contributed by atoms with Crippen molar-refractivity contribution in [2.45, 2.75) is 363 Å². The molecule has 6 atom stereocenters. The largest absolute Gasteiger partial charge is 0.472 e. The Kier molecular flexibility index (Phi) is 58.5. The molecular weight excluding hydrogens is 1170 g/mol. The van der Waals surface area contributed by atoms with Crippen molar-refractivity contribution in [1.82, 2.24) is 0 Å². The number of rotatable bonds is 67. The number of aliphatic hydroxyl groups is 1. The first-order valence-corrected chi connectivity index (χ1v) is 39.2. The number of ether oxygens (including phenoxy) is 4. The van der Waals surface area contributed by atoms with E-state index >= 15 is 0 Å². The van der Waals surface area contributed by atoms with Crippen LogP contribution in [0.5, 0.6) is 0 Å². The molecule has 89 heavy (non-hydrogen) atoms. The molecular formula is C70H136O17P2. The van der Waals surface area contributed by atoms with Gasteiger partial charge in [-0.3, -0.25) is 37.3 Å². The molecule has 0 fully saturated rings. The lowest BCUT2D eigenvalue weighted by molar-refractivity contribution is -0.161. The van der Waals surface area contributed by atoms with E-state index in [0.29, 0.717) is 25.7 Å². The molecule has 0 aromatic carbocycles. The third kappa shape index (κ3) is 63.2. The first kappa shape index (κ1) is 87.1. The Hall–Kier alpha value is -1.94. The lowest BCUT2D eigenvalue weighted by atomic mass is 9.99. The van der Waals surface area contributed by atoms with Crippen molar-refractivity contribution >= 4 is 39.5 Å². The van der Waals surface area contributed by atoms with Gasteiger partial charge >= 0.3 is 39.5 Å². The first-order chi connectivity index (χ1) is 42.6. The van der Waals surface area contributed by atoms with E-state index in [9.17, 15) is 43.2 Å². The number of carbonyl (C=O) groups is 4. The summed E-state index contributed by atoms with van der Waals surface area (Å²) in [6.45, 7) is 14.1. The monoisotopic (exact) mass is 1310 g/mol. The van der Waals surface area contributed by atoms with Gasteiger partial charge in [-0.05, 0) is 49.4 Å². The summed E-state index contributed by atoms with van der Waals surface area (Å²) in [5.41, 5.74) is 0. The minimum atomic E-state index is -4.95. The summed E-state index contributed by atoms with van der Waals surface area (Å²) >= 11 is 0. The summed E-state index contributed by atoms with van der Waals surface area (Å²) in [6, 6.07) is 0. The minimum absolute atomic E-state index is 0.104. The fourth-order valence-corrected chi connectivity index (χ4v) is 12.0. The van der Waals surface area contributed by atoms with Crippen molar-refractivity contribution in [2.75, 3.05) is 39.6 Å². The maximum atomic E-state index is 13.0. The lowest BCUT2D eigenvalue weighted by Gasteiger charge is -2.21. The van der Waals surface area contributed by atoms with E-state index < -0.39 is 97.5 Å². The number of hydrogen-bond acceptors (Lipinski definition) is 15. The zero-order valence-corrected chi connectivity index (χ0v) is 59.8. The van der Waals surface area contributed by atoms with Gasteiger partial charge < -0.3 is 33.8 Å². The van der Waals surface area contributed by atoms with E-state index in [1.165, 1.54) is 148 Å². The van der Waals surface area contributed by atoms with Crippen molar-refractivity contribution < 1.29 is 80.2 Å². The molecule has 0 saturated carbocycles. The van der Waals surface area contributed by atoms with Crippen LogP contribution < -0.4 is 0 Å². The molecule has 0 saturated heterocycles. The van der Waals surface area contributed by atoms with Gasteiger partial charge in [0.1, 0.15) is 19.3 Å². The Labute approximate surface area is 543 Å². The van der Waals surface area contributed by atoms with Gasteiger partial charge in [0.05, 0.1) is 26.4 Å². The van der Waals surface area contributed by atoms with Crippen LogP contribution in [0.25, 0.3) is 0 Å². The van der Waals surface area contributed by atoms with Gasteiger partial charge in [-0.25, -0.2) is 9.13 Å². The smallest absolute Gasteiger partial charge is 0.462 e. The molecule has 0 heterocycles. The molecule has 0 radical (unpaired) electrons. The molecule has 0 spiro atoms. The van der Waals surface area contributed by atoms with E-state index in [0.717, 1.165) is 114 Å². The molecule has 0 aromatic heterocycles. The Bertz CT molecular complexity index is 1770. The van der Waals surface area contributed by atoms with Crippen LogP contribution in [0, 0.1) is 23.7 Å². The fourth-order valence-electron chi connectivity index (χ4n) is 10.5. The number of aliphatic hydroxyl groups excluding tert-OH is 1. The van der Waals surface area contributed by atoms with E-state index in [-0.39, 0.29) is 25.7 Å². The number of phosphoric ester groups is 2. The van der Waals surface area contributed by atoms with Gasteiger partial charge in [-0.2, -0.15) is 0 Å². The maximum absolute atomic E-state index is 13.0. The minimum Gasteiger partial charge on any atom is -0.462 e. The lowest BCUT2D eigenvalue weighted by Crippen LogP contribution is -2.30. The van der Waals surface area contributed by atoms with Gasteiger partial charge in [-0.1, -0.05) is 293 Å². The number of hydrogen-bond donors (Lipinski definition) is 3. The molecule has 0 aliphatic rings. The summed E-state index contributed by atoms with van der Waals surface area (Å²) in [4.78, 5) is 72.5. The van der Waals surface area contributed by atoms with Gasteiger partial charge in [0.25, 0.3) is 0 Å². The Morgan fingerprint density at radius 3 is 0.798 bits per heavy atom. The summed E-state index contributed by atoms with van der Waals surface area (Å²) < 4.78 is 68.3. The average Bonchev–Trinajstić information content (AvgIpc) is 3.59. The molecule has 528 valence electrons. The molecule has 0 rings (SSSR count). The predicted molar refractivity (Wildman–Crippen MR) is 358 cm³/mol. The van der Waals surface area contributed by atoms with E-state index in [1.54, 1.807) is 0 Å². The number of carbonyl (C=O) groups excluding carboxylic acids is 4. The molecule has 0 aromatic rings. The van der Waals surface area contributed by atoms with E-state index in [4.69, 9.17) is 37.0 Å². The van der Waals surface area contributed by atoms with Gasteiger partial charge in [0.15, 0.2) is 12.2 Å². The quantitative estimate of drug-likeness (QED) is 0.0222. The van der Waals surface area contributed by atoms with Crippen LogP contribution in [0.2, 0.25) is 0 Å². The summed E-state index contributed by atoms with van der Waals surface area (Å²) in [5.74, 6) is 0.875. The third-order valence-electron chi connectivity index (χ3n) is 16.4. The molecule has 0 amide bonds. The van der Waals surface area contributed by atoms with Gasteiger partial charge in [-0.15, -0.1) is 0 Å². The zero-order valence-electron chi connectivity index (χ0n) is 58.1. The van der Waals surface area contributed by atoms with Crippen LogP contribution in [0.1, 0.15) is 344 Å². The van der Waals surface area contributed by atoms with Crippen LogP contribution in [-0.2, 0) is 65.4 Å². The normalized spacial score (nSPS) is 14.6. The van der Waals surface area contributed by atoms with Crippen molar-refractivity contribution in [3.8, 4) is 0 Å². The number of esters is 4. The van der Waals surface area contributed by atoms with E-state index in [1.807, 2.05) is 0 Å². The molecule has 3 N–H and O–H groups in total. The summed E-state index contributed by atoms with van der Waals surface area (Å²) in [7, 11) is -9.90. The van der Waals surface area contributed by atoms with Crippen molar-refractivity contribution in [3.63, 3.8) is 0 Å². The highest BCUT2D eigenvalue weighted by molar-refractivity contribution is 7.47. The zero-order chi connectivity index (χ0) is 66.1. The summed E-state index contributed by atoms with van der Waals surface area (Å²) in [5, 5.41) is 10.6. The SMILES string of the molecule is CCC(C)CCCCCCCCCCCCC(=O)OC[C@H](COP(=O)(O)OCC(O)COP(=O)(O)OC[C@@H](COC(=O)CCCCCCCCCCC(C)C)OC(=O)CCCCCCCCCCCCC(C)C)OC(=O)CCCCCCCCCCC(C)C. The maximum Gasteiger partial charge on any atom is 0.472 e. The van der Waals surface area contributed by atoms with Crippen LogP contribution in [-0.4, -0.2) is 96.7 Å². The second kappa shape index (κ2) is 59.8. The third-order valence-corrected chi connectivity index (χ3v) is 18.3. The van der Waals surface area contributed by atoms with Gasteiger partial charge in [0, 0.05) is 25.7 Å².